The molecular weight excluding hydrogens is 286 g/mol. The Morgan fingerprint density at radius 2 is 1.70 bits per heavy atom. The summed E-state index contributed by atoms with van der Waals surface area (Å²) in [6, 6.07) is 14.7. The average molecular weight is 313 g/mol. The lowest BCUT2D eigenvalue weighted by atomic mass is 9.91. The third-order valence-corrected chi connectivity index (χ3v) is 3.91. The van der Waals surface area contributed by atoms with Crippen LogP contribution in [0.2, 0.25) is 0 Å². The van der Waals surface area contributed by atoms with Gasteiger partial charge >= 0.3 is 0 Å². The molecule has 1 unspecified atom stereocenters. The molecular formula is C20H27NO2. The number of aryl methyl sites for hydroxylation is 1. The van der Waals surface area contributed by atoms with Crippen LogP contribution in [0.15, 0.2) is 42.5 Å². The Hall–Kier alpha value is -2.00. The Morgan fingerprint density at radius 3 is 2.26 bits per heavy atom. The highest BCUT2D eigenvalue weighted by molar-refractivity contribution is 5.43. The van der Waals surface area contributed by atoms with Gasteiger partial charge in [-0.25, -0.2) is 0 Å². The minimum Gasteiger partial charge on any atom is -0.493 e. The molecule has 0 fully saturated rings. The molecule has 2 rings (SSSR count). The van der Waals surface area contributed by atoms with Gasteiger partial charge in [0.25, 0.3) is 0 Å². The normalized spacial score (nSPS) is 12.3. The topological polar surface area (TPSA) is 44.5 Å². The van der Waals surface area contributed by atoms with Crippen molar-refractivity contribution in [3.63, 3.8) is 0 Å². The molecule has 0 spiro atoms. The number of methoxy groups -OCH3 is 1. The molecule has 1 atom stereocenters. The molecule has 0 bridgehead atoms. The van der Waals surface area contributed by atoms with Crippen LogP contribution in [-0.2, 0) is 6.42 Å². The Bertz CT molecular complexity index is 620. The molecule has 0 saturated carbocycles. The highest BCUT2D eigenvalue weighted by Crippen LogP contribution is 2.31. The molecule has 0 aromatic heterocycles. The average Bonchev–Trinajstić information content (AvgIpc) is 2.53. The Balaban J connectivity index is 2.21. The Kier molecular flexibility index (Phi) is 6.05. The fourth-order valence-electron chi connectivity index (χ4n) is 2.65. The van der Waals surface area contributed by atoms with E-state index in [1.54, 1.807) is 7.11 Å². The minimum atomic E-state index is 0.113. The van der Waals surface area contributed by atoms with Crippen LogP contribution >= 0.6 is 0 Å². The Labute approximate surface area is 139 Å². The molecule has 3 heteroatoms. The van der Waals surface area contributed by atoms with Crippen molar-refractivity contribution in [1.82, 2.24) is 0 Å². The summed E-state index contributed by atoms with van der Waals surface area (Å²) in [6.45, 7) is 6.75. The second-order valence-corrected chi connectivity index (χ2v) is 6.20. The summed E-state index contributed by atoms with van der Waals surface area (Å²) in [6.07, 6.45) is 0.999. The van der Waals surface area contributed by atoms with Crippen molar-refractivity contribution < 1.29 is 9.47 Å². The lowest BCUT2D eigenvalue weighted by molar-refractivity contribution is 0.230. The highest BCUT2D eigenvalue weighted by atomic mass is 16.5. The molecule has 2 N–H and O–H groups in total. The SMILES string of the molecule is COc1ccc(CC(CN)c2ccc(C)cc2)cc1OC(C)C. The predicted octanol–water partition coefficient (Wildman–Crippen LogP) is 4.08. The molecule has 0 aliphatic carbocycles. The lowest BCUT2D eigenvalue weighted by Gasteiger charge is -2.18. The largest absolute Gasteiger partial charge is 0.493 e. The molecule has 2 aromatic carbocycles. The van der Waals surface area contributed by atoms with Crippen molar-refractivity contribution in [2.24, 2.45) is 5.73 Å². The van der Waals surface area contributed by atoms with Gasteiger partial charge in [0, 0.05) is 5.92 Å². The molecule has 3 nitrogen and oxygen atoms in total. The van der Waals surface area contributed by atoms with Crippen molar-refractivity contribution in [1.29, 1.82) is 0 Å². The standard InChI is InChI=1S/C20H27NO2/c1-14(2)23-20-12-16(7-10-19(20)22-4)11-18(13-21)17-8-5-15(3)6-9-17/h5-10,12,14,18H,11,13,21H2,1-4H3. The van der Waals surface area contributed by atoms with Crippen LogP contribution in [0.3, 0.4) is 0 Å². The maximum Gasteiger partial charge on any atom is 0.161 e. The molecule has 0 aliphatic heterocycles. The first-order valence-electron chi connectivity index (χ1n) is 8.13. The number of benzene rings is 2. The van der Waals surface area contributed by atoms with Crippen molar-refractivity contribution >= 4 is 0 Å². The van der Waals surface area contributed by atoms with Gasteiger partial charge < -0.3 is 15.2 Å². The highest BCUT2D eigenvalue weighted by Gasteiger charge is 2.13. The predicted molar refractivity (Wildman–Crippen MR) is 95.4 cm³/mol. The van der Waals surface area contributed by atoms with E-state index in [-0.39, 0.29) is 6.10 Å². The summed E-state index contributed by atoms with van der Waals surface area (Å²) >= 11 is 0. The van der Waals surface area contributed by atoms with Crippen molar-refractivity contribution in [3.8, 4) is 11.5 Å². The fourth-order valence-corrected chi connectivity index (χ4v) is 2.65. The zero-order chi connectivity index (χ0) is 16.8. The van der Waals surface area contributed by atoms with E-state index in [9.17, 15) is 0 Å². The molecule has 2 aromatic rings. The molecule has 0 heterocycles. The second kappa shape index (κ2) is 8.02. The van der Waals surface area contributed by atoms with Crippen molar-refractivity contribution in [3.05, 3.63) is 59.2 Å². The van der Waals surface area contributed by atoms with Crippen LogP contribution in [0, 0.1) is 6.92 Å². The molecule has 124 valence electrons. The fraction of sp³-hybridized carbons (Fsp3) is 0.400. The number of rotatable bonds is 7. The van der Waals surface area contributed by atoms with E-state index in [1.165, 1.54) is 16.7 Å². The zero-order valence-electron chi connectivity index (χ0n) is 14.5. The number of hydrogen-bond acceptors (Lipinski definition) is 3. The molecule has 0 radical (unpaired) electrons. The summed E-state index contributed by atoms with van der Waals surface area (Å²) in [5.74, 6) is 1.86. The maximum atomic E-state index is 6.01. The van der Waals surface area contributed by atoms with E-state index in [1.807, 2.05) is 19.9 Å². The van der Waals surface area contributed by atoms with Crippen LogP contribution in [0.25, 0.3) is 0 Å². The van der Waals surface area contributed by atoms with E-state index >= 15 is 0 Å². The monoisotopic (exact) mass is 313 g/mol. The summed E-state index contributed by atoms with van der Waals surface area (Å²) in [5, 5.41) is 0. The van der Waals surface area contributed by atoms with Gasteiger partial charge in [-0.1, -0.05) is 35.9 Å². The van der Waals surface area contributed by atoms with Gasteiger partial charge in [-0.05, 0) is 57.0 Å². The zero-order valence-corrected chi connectivity index (χ0v) is 14.5. The number of hydrogen-bond donors (Lipinski definition) is 1. The minimum absolute atomic E-state index is 0.113. The van der Waals surface area contributed by atoms with E-state index in [0.29, 0.717) is 12.5 Å². The quantitative estimate of drug-likeness (QED) is 0.838. The van der Waals surface area contributed by atoms with Gasteiger partial charge in [-0.2, -0.15) is 0 Å². The van der Waals surface area contributed by atoms with E-state index < -0.39 is 0 Å². The van der Waals surface area contributed by atoms with Crippen LogP contribution < -0.4 is 15.2 Å². The van der Waals surface area contributed by atoms with Gasteiger partial charge in [0.05, 0.1) is 13.2 Å². The van der Waals surface area contributed by atoms with E-state index in [2.05, 4.69) is 43.3 Å². The van der Waals surface area contributed by atoms with Gasteiger partial charge in [0.1, 0.15) is 0 Å². The molecule has 23 heavy (non-hydrogen) atoms. The van der Waals surface area contributed by atoms with Crippen LogP contribution in [-0.4, -0.2) is 19.8 Å². The van der Waals surface area contributed by atoms with Crippen LogP contribution in [0.4, 0.5) is 0 Å². The first-order chi connectivity index (χ1) is 11.0. The first kappa shape index (κ1) is 17.4. The number of ether oxygens (including phenoxy) is 2. The smallest absolute Gasteiger partial charge is 0.161 e. The van der Waals surface area contributed by atoms with E-state index in [0.717, 1.165) is 17.9 Å². The summed E-state index contributed by atoms with van der Waals surface area (Å²) in [5.41, 5.74) is 9.76. The summed E-state index contributed by atoms with van der Waals surface area (Å²) in [4.78, 5) is 0. The molecule has 0 aliphatic rings. The van der Waals surface area contributed by atoms with Crippen molar-refractivity contribution in [2.75, 3.05) is 13.7 Å². The van der Waals surface area contributed by atoms with Crippen LogP contribution in [0.5, 0.6) is 11.5 Å². The van der Waals surface area contributed by atoms with Crippen LogP contribution in [0.1, 0.15) is 36.5 Å². The number of nitrogens with two attached hydrogens (primary N) is 1. The van der Waals surface area contributed by atoms with Gasteiger partial charge in [-0.3, -0.25) is 0 Å². The maximum absolute atomic E-state index is 6.01. The molecule has 0 saturated heterocycles. The summed E-state index contributed by atoms with van der Waals surface area (Å²) in [7, 11) is 1.66. The molecule has 0 amide bonds. The lowest BCUT2D eigenvalue weighted by Crippen LogP contribution is -2.15. The third kappa shape index (κ3) is 4.73. The third-order valence-electron chi connectivity index (χ3n) is 3.91. The summed E-state index contributed by atoms with van der Waals surface area (Å²) < 4.78 is 11.2. The van der Waals surface area contributed by atoms with Crippen molar-refractivity contribution in [2.45, 2.75) is 39.2 Å². The van der Waals surface area contributed by atoms with Gasteiger partial charge in [-0.15, -0.1) is 0 Å². The van der Waals surface area contributed by atoms with Gasteiger partial charge in [0.2, 0.25) is 0 Å². The first-order valence-corrected chi connectivity index (χ1v) is 8.13. The van der Waals surface area contributed by atoms with E-state index in [4.69, 9.17) is 15.2 Å². The Morgan fingerprint density at radius 1 is 1.00 bits per heavy atom. The second-order valence-electron chi connectivity index (χ2n) is 6.20. The van der Waals surface area contributed by atoms with Gasteiger partial charge in [0.15, 0.2) is 11.5 Å².